The van der Waals surface area contributed by atoms with Crippen molar-refractivity contribution in [1.29, 1.82) is 0 Å². The number of thiophene rings is 1. The Morgan fingerprint density at radius 2 is 1.31 bits per heavy atom. The van der Waals surface area contributed by atoms with E-state index in [0.29, 0.717) is 20.6 Å². The summed E-state index contributed by atoms with van der Waals surface area (Å²) in [7, 11) is 0. The number of nitrogens with zero attached hydrogens (tertiary/aromatic N) is 2. The van der Waals surface area contributed by atoms with Crippen LogP contribution in [-0.2, 0) is 0 Å². The summed E-state index contributed by atoms with van der Waals surface area (Å²) in [4.78, 5) is 18.8. The van der Waals surface area contributed by atoms with Crippen LogP contribution in [0.3, 0.4) is 0 Å². The van der Waals surface area contributed by atoms with Crippen LogP contribution < -0.4 is 15.1 Å². The molecule has 36 heavy (non-hydrogen) atoms. The number of anilines is 5. The van der Waals surface area contributed by atoms with E-state index in [4.69, 9.17) is 23.2 Å². The van der Waals surface area contributed by atoms with Crippen LogP contribution in [0.5, 0.6) is 0 Å². The van der Waals surface area contributed by atoms with Gasteiger partial charge in [0, 0.05) is 29.1 Å². The van der Waals surface area contributed by atoms with Gasteiger partial charge in [-0.05, 0) is 76.2 Å². The molecule has 0 unspecified atom stereocenters. The summed E-state index contributed by atoms with van der Waals surface area (Å²) >= 11 is 13.8. The predicted molar refractivity (Wildman–Crippen MR) is 156 cm³/mol. The van der Waals surface area contributed by atoms with Gasteiger partial charge in [-0.25, -0.2) is 0 Å². The van der Waals surface area contributed by atoms with Crippen LogP contribution in [0.2, 0.25) is 10.0 Å². The van der Waals surface area contributed by atoms with E-state index in [1.165, 1.54) is 11.3 Å². The van der Waals surface area contributed by atoms with Crippen LogP contribution >= 0.6 is 34.5 Å². The average Bonchev–Trinajstić information content (AvgIpc) is 3.26. The number of rotatable bonds is 8. The van der Waals surface area contributed by atoms with Gasteiger partial charge in [0.1, 0.15) is 4.88 Å². The second-order valence-corrected chi connectivity index (χ2v) is 10.8. The molecular weight excluding hydrogens is 509 g/mol. The molecule has 0 saturated carbocycles. The molecule has 1 amide bonds. The monoisotopic (exact) mass is 537 g/mol. The molecule has 0 bridgehead atoms. The molecule has 7 heteroatoms. The topological polar surface area (TPSA) is 35.6 Å². The molecule has 0 radical (unpaired) electrons. The first-order valence-electron chi connectivity index (χ1n) is 11.8. The number of benzene rings is 3. The first-order valence-corrected chi connectivity index (χ1v) is 13.4. The van der Waals surface area contributed by atoms with Crippen molar-refractivity contribution < 1.29 is 4.79 Å². The van der Waals surface area contributed by atoms with Crippen LogP contribution in [0.15, 0.2) is 84.9 Å². The molecule has 1 aromatic heterocycles. The highest BCUT2D eigenvalue weighted by atomic mass is 35.5. The van der Waals surface area contributed by atoms with Crippen molar-refractivity contribution in [3.8, 4) is 0 Å². The fourth-order valence-electron chi connectivity index (χ4n) is 4.16. The van der Waals surface area contributed by atoms with E-state index >= 15 is 0 Å². The zero-order valence-electron chi connectivity index (χ0n) is 20.7. The number of carbonyl (C=O) groups excluding carboxylic acids is 1. The van der Waals surface area contributed by atoms with Gasteiger partial charge in [-0.1, -0.05) is 59.6 Å². The van der Waals surface area contributed by atoms with E-state index in [1.54, 1.807) is 18.2 Å². The third-order valence-electron chi connectivity index (χ3n) is 5.68. The number of carbonyl (C=O) groups is 1. The van der Waals surface area contributed by atoms with Gasteiger partial charge in [-0.15, -0.1) is 11.3 Å². The lowest BCUT2D eigenvalue weighted by Crippen LogP contribution is -2.27. The molecule has 1 N–H and O–H groups in total. The molecule has 4 rings (SSSR count). The van der Waals surface area contributed by atoms with Gasteiger partial charge in [0.15, 0.2) is 0 Å². The Balaban J connectivity index is 1.84. The van der Waals surface area contributed by atoms with Crippen LogP contribution in [-0.4, -0.2) is 18.0 Å². The van der Waals surface area contributed by atoms with Crippen molar-refractivity contribution in [1.82, 2.24) is 0 Å². The highest BCUT2D eigenvalue weighted by molar-refractivity contribution is 7.18. The Morgan fingerprint density at radius 3 is 1.83 bits per heavy atom. The fourth-order valence-corrected chi connectivity index (χ4v) is 5.66. The first-order chi connectivity index (χ1) is 17.3. The van der Waals surface area contributed by atoms with E-state index in [-0.39, 0.29) is 18.0 Å². The minimum absolute atomic E-state index is 0.121. The minimum Gasteiger partial charge on any atom is -0.338 e. The number of para-hydroxylation sites is 2. The van der Waals surface area contributed by atoms with Crippen LogP contribution in [0.25, 0.3) is 0 Å². The maximum Gasteiger partial charge on any atom is 0.267 e. The van der Waals surface area contributed by atoms with Gasteiger partial charge >= 0.3 is 0 Å². The van der Waals surface area contributed by atoms with Gasteiger partial charge in [0.2, 0.25) is 0 Å². The summed E-state index contributed by atoms with van der Waals surface area (Å²) < 4.78 is 0. The first kappa shape index (κ1) is 26.1. The lowest BCUT2D eigenvalue weighted by molar-refractivity contribution is 0.103. The van der Waals surface area contributed by atoms with E-state index in [0.717, 1.165) is 22.1 Å². The fraction of sp³-hybridized carbons (Fsp3) is 0.207. The zero-order valence-corrected chi connectivity index (χ0v) is 23.0. The Labute approximate surface area is 227 Å². The lowest BCUT2D eigenvalue weighted by atomic mass is 10.2. The van der Waals surface area contributed by atoms with Crippen LogP contribution in [0.4, 0.5) is 27.8 Å². The molecule has 0 aliphatic rings. The van der Waals surface area contributed by atoms with Crippen molar-refractivity contribution in [2.24, 2.45) is 0 Å². The Kier molecular flexibility index (Phi) is 8.24. The molecule has 3 aromatic carbocycles. The zero-order chi connectivity index (χ0) is 25.8. The smallest absolute Gasteiger partial charge is 0.267 e. The molecule has 0 saturated heterocycles. The van der Waals surface area contributed by atoms with Crippen molar-refractivity contribution >= 4 is 68.2 Å². The molecule has 0 atom stereocenters. The number of amides is 1. The second-order valence-electron chi connectivity index (χ2n) is 8.98. The number of hydrogen-bond acceptors (Lipinski definition) is 4. The Morgan fingerprint density at radius 1 is 0.750 bits per heavy atom. The van der Waals surface area contributed by atoms with Crippen molar-refractivity contribution in [3.05, 3.63) is 99.9 Å². The van der Waals surface area contributed by atoms with Gasteiger partial charge in [-0.3, -0.25) is 4.79 Å². The summed E-state index contributed by atoms with van der Waals surface area (Å²) in [5, 5.41) is 4.85. The molecular formula is C29H29Cl2N3OS. The van der Waals surface area contributed by atoms with Crippen LogP contribution in [0.1, 0.15) is 37.4 Å². The summed E-state index contributed by atoms with van der Waals surface area (Å²) in [6.45, 7) is 8.56. The highest BCUT2D eigenvalue weighted by Gasteiger charge is 2.27. The molecule has 1 heterocycles. The van der Waals surface area contributed by atoms with Gasteiger partial charge in [-0.2, -0.15) is 0 Å². The largest absolute Gasteiger partial charge is 0.338 e. The van der Waals surface area contributed by atoms with E-state index in [2.05, 4.69) is 73.1 Å². The Hall–Kier alpha value is -2.99. The van der Waals surface area contributed by atoms with E-state index < -0.39 is 0 Å². The summed E-state index contributed by atoms with van der Waals surface area (Å²) in [6.07, 6.45) is 0. The quantitative estimate of drug-likeness (QED) is 0.243. The van der Waals surface area contributed by atoms with Crippen LogP contribution in [0, 0.1) is 0 Å². The lowest BCUT2D eigenvalue weighted by Gasteiger charge is -2.30. The van der Waals surface area contributed by atoms with Gasteiger partial charge in [0.05, 0.1) is 20.7 Å². The van der Waals surface area contributed by atoms with Gasteiger partial charge in [0.25, 0.3) is 5.91 Å². The summed E-state index contributed by atoms with van der Waals surface area (Å²) in [5.74, 6) is -0.196. The third-order valence-corrected chi connectivity index (χ3v) is 7.54. The number of halogens is 2. The van der Waals surface area contributed by atoms with Crippen molar-refractivity contribution in [2.45, 2.75) is 39.8 Å². The second kappa shape index (κ2) is 11.4. The maximum absolute atomic E-state index is 13.7. The summed E-state index contributed by atoms with van der Waals surface area (Å²) in [5.41, 5.74) is 3.55. The molecule has 0 aliphatic carbocycles. The van der Waals surface area contributed by atoms with Gasteiger partial charge < -0.3 is 15.1 Å². The third kappa shape index (κ3) is 5.70. The molecule has 4 nitrogen and oxygen atoms in total. The summed E-state index contributed by atoms with van der Waals surface area (Å²) in [6, 6.07) is 27.9. The normalized spacial score (nSPS) is 11.1. The van der Waals surface area contributed by atoms with Crippen molar-refractivity contribution in [3.63, 3.8) is 0 Å². The predicted octanol–water partition coefficient (Wildman–Crippen LogP) is 9.40. The average molecular weight is 539 g/mol. The highest BCUT2D eigenvalue weighted by Crippen LogP contribution is 2.43. The molecule has 186 valence electrons. The Bertz CT molecular complexity index is 1320. The molecule has 0 fully saturated rings. The number of hydrogen-bond donors (Lipinski definition) is 1. The minimum atomic E-state index is -0.196. The SMILES string of the molecule is CC(C)N(c1ccccc1)c1cc(N(c2ccccc2)C(C)C)c(C(=O)Nc2ccc(Cl)c(Cl)c2)s1. The molecule has 0 aliphatic heterocycles. The van der Waals surface area contributed by atoms with E-state index in [1.807, 2.05) is 36.4 Å². The number of nitrogens with one attached hydrogen (secondary N) is 1. The molecule has 4 aromatic rings. The maximum atomic E-state index is 13.7. The van der Waals surface area contributed by atoms with Crippen molar-refractivity contribution in [2.75, 3.05) is 15.1 Å². The van der Waals surface area contributed by atoms with E-state index in [9.17, 15) is 4.79 Å². The molecule has 0 spiro atoms. The standard InChI is InChI=1S/C29H29Cl2N3OS/c1-19(2)33(22-11-7-5-8-12-22)26-18-27(34(20(3)4)23-13-9-6-10-14-23)36-28(26)29(35)32-21-15-16-24(30)25(31)17-21/h5-20H,1-4H3,(H,32,35).